The molecule has 2 fully saturated rings. The van der Waals surface area contributed by atoms with Crippen LogP contribution in [0, 0.1) is 5.92 Å². The number of benzene rings is 1. The summed E-state index contributed by atoms with van der Waals surface area (Å²) in [6.45, 7) is 11.0. The first-order valence-corrected chi connectivity index (χ1v) is 12.9. The molecule has 1 heterocycles. The summed E-state index contributed by atoms with van der Waals surface area (Å²) < 4.78 is 26.4. The maximum atomic E-state index is 12.4. The Morgan fingerprint density at radius 3 is 2.50 bits per heavy atom. The zero-order chi connectivity index (χ0) is 21.8. The van der Waals surface area contributed by atoms with Crippen LogP contribution in [-0.4, -0.2) is 50.1 Å². The van der Waals surface area contributed by atoms with Gasteiger partial charge in [0, 0.05) is 30.1 Å². The lowest BCUT2D eigenvalue weighted by Crippen LogP contribution is -2.50. The summed E-state index contributed by atoms with van der Waals surface area (Å²) in [7, 11) is -3.38. The van der Waals surface area contributed by atoms with Gasteiger partial charge in [0.25, 0.3) is 0 Å². The van der Waals surface area contributed by atoms with Crippen LogP contribution in [0.2, 0.25) is 5.02 Å². The highest BCUT2D eigenvalue weighted by molar-refractivity contribution is 7.88. The Hall–Kier alpha value is -1.56. The van der Waals surface area contributed by atoms with Gasteiger partial charge in [0.1, 0.15) is 0 Å². The SMILES string of the molecule is C=C/C=C(\C=C)N(CC1CCCN(CC2(c3ccc(Cl)cc3)CCC2)C1)S(C)(=O)=O. The molecule has 0 bridgehead atoms. The van der Waals surface area contributed by atoms with Crippen molar-refractivity contribution in [1.82, 2.24) is 9.21 Å². The van der Waals surface area contributed by atoms with E-state index in [0.29, 0.717) is 18.2 Å². The van der Waals surface area contributed by atoms with Gasteiger partial charge in [-0.1, -0.05) is 49.4 Å². The Morgan fingerprint density at radius 2 is 1.97 bits per heavy atom. The van der Waals surface area contributed by atoms with Gasteiger partial charge in [0.2, 0.25) is 10.0 Å². The second-order valence-electron chi connectivity index (χ2n) is 8.71. The third-order valence-electron chi connectivity index (χ3n) is 6.51. The topological polar surface area (TPSA) is 40.6 Å². The van der Waals surface area contributed by atoms with E-state index in [1.54, 1.807) is 18.2 Å². The molecule has 1 atom stereocenters. The lowest BCUT2D eigenvalue weighted by Gasteiger charge is -2.47. The minimum atomic E-state index is -3.38. The quantitative estimate of drug-likeness (QED) is 0.499. The summed E-state index contributed by atoms with van der Waals surface area (Å²) in [5, 5.41) is 0.776. The third kappa shape index (κ3) is 5.37. The standard InChI is InChI=1S/C24H33ClN2O2S/c1-4-8-23(5-2)27(30(3,28)29)18-20-9-6-16-26(17-20)19-24(14-7-15-24)21-10-12-22(25)13-11-21/h4-5,8,10-13,20H,1-2,6-7,9,14-19H2,3H3/b23-8+. The number of rotatable bonds is 9. The molecule has 0 radical (unpaired) electrons. The Kier molecular flexibility index (Phi) is 7.48. The highest BCUT2D eigenvalue weighted by atomic mass is 35.5. The molecule has 1 aliphatic carbocycles. The minimum absolute atomic E-state index is 0.206. The lowest BCUT2D eigenvalue weighted by molar-refractivity contribution is 0.0952. The zero-order valence-corrected chi connectivity index (χ0v) is 19.5. The molecular formula is C24H33ClN2O2S. The molecule has 0 amide bonds. The van der Waals surface area contributed by atoms with Gasteiger partial charge in [-0.3, -0.25) is 4.31 Å². The number of nitrogens with zero attached hydrogens (tertiary/aromatic N) is 2. The predicted molar refractivity (Wildman–Crippen MR) is 126 cm³/mol. The number of halogens is 1. The Balaban J connectivity index is 1.71. The summed E-state index contributed by atoms with van der Waals surface area (Å²) in [6.07, 6.45) is 12.0. The number of hydrogen-bond acceptors (Lipinski definition) is 3. The summed E-state index contributed by atoms with van der Waals surface area (Å²) in [4.78, 5) is 2.53. The average Bonchev–Trinajstić information content (AvgIpc) is 2.68. The van der Waals surface area contributed by atoms with Crippen molar-refractivity contribution in [3.63, 3.8) is 0 Å². The van der Waals surface area contributed by atoms with E-state index in [1.165, 1.54) is 35.4 Å². The van der Waals surface area contributed by atoms with Gasteiger partial charge in [0.05, 0.1) is 12.0 Å². The molecule has 2 aliphatic rings. The van der Waals surface area contributed by atoms with Crippen molar-refractivity contribution < 1.29 is 8.42 Å². The van der Waals surface area contributed by atoms with Crippen LogP contribution >= 0.6 is 11.6 Å². The number of piperidine rings is 1. The first kappa shape index (κ1) is 23.1. The smallest absolute Gasteiger partial charge is 0.232 e. The number of likely N-dealkylation sites (tertiary alicyclic amines) is 1. The Labute approximate surface area is 187 Å². The van der Waals surface area contributed by atoms with E-state index in [4.69, 9.17) is 11.6 Å². The molecule has 0 spiro atoms. The molecule has 1 saturated carbocycles. The van der Waals surface area contributed by atoms with Crippen molar-refractivity contribution in [3.8, 4) is 0 Å². The fraction of sp³-hybridized carbons (Fsp3) is 0.500. The zero-order valence-electron chi connectivity index (χ0n) is 17.9. The van der Waals surface area contributed by atoms with Crippen LogP contribution in [0.15, 0.2) is 61.3 Å². The first-order chi connectivity index (χ1) is 14.3. The molecule has 1 aromatic carbocycles. The van der Waals surface area contributed by atoms with E-state index in [-0.39, 0.29) is 5.41 Å². The fourth-order valence-corrected chi connectivity index (χ4v) is 5.98. The largest absolute Gasteiger partial charge is 0.302 e. The normalized spacial score (nSPS) is 22.2. The van der Waals surface area contributed by atoms with Gasteiger partial charge >= 0.3 is 0 Å². The molecule has 1 aliphatic heterocycles. The van der Waals surface area contributed by atoms with E-state index < -0.39 is 10.0 Å². The monoisotopic (exact) mass is 448 g/mol. The van der Waals surface area contributed by atoms with E-state index in [1.807, 2.05) is 12.1 Å². The molecule has 4 nitrogen and oxygen atoms in total. The van der Waals surface area contributed by atoms with Gasteiger partial charge in [-0.25, -0.2) is 8.42 Å². The average molecular weight is 449 g/mol. The maximum absolute atomic E-state index is 12.4. The molecule has 164 valence electrons. The van der Waals surface area contributed by atoms with Crippen LogP contribution in [0.3, 0.4) is 0 Å². The molecule has 1 unspecified atom stereocenters. The molecule has 0 N–H and O–H groups in total. The second kappa shape index (κ2) is 9.71. The molecule has 1 aromatic rings. The van der Waals surface area contributed by atoms with Crippen molar-refractivity contribution in [2.45, 2.75) is 37.5 Å². The highest BCUT2D eigenvalue weighted by Crippen LogP contribution is 2.45. The van der Waals surface area contributed by atoms with Crippen LogP contribution in [0.4, 0.5) is 0 Å². The van der Waals surface area contributed by atoms with E-state index in [0.717, 1.165) is 37.5 Å². The Bertz CT molecular complexity index is 888. The minimum Gasteiger partial charge on any atom is -0.302 e. The fourth-order valence-electron chi connectivity index (χ4n) is 4.86. The van der Waals surface area contributed by atoms with Crippen molar-refractivity contribution in [3.05, 3.63) is 71.9 Å². The van der Waals surface area contributed by atoms with Crippen molar-refractivity contribution in [2.24, 2.45) is 5.92 Å². The summed E-state index contributed by atoms with van der Waals surface area (Å²) in [5.41, 5.74) is 2.17. The maximum Gasteiger partial charge on any atom is 0.232 e. The van der Waals surface area contributed by atoms with Gasteiger partial charge < -0.3 is 4.90 Å². The highest BCUT2D eigenvalue weighted by Gasteiger charge is 2.41. The molecule has 0 aromatic heterocycles. The van der Waals surface area contributed by atoms with Crippen LogP contribution in [0.1, 0.15) is 37.7 Å². The number of sulfonamides is 1. The summed E-state index contributed by atoms with van der Waals surface area (Å²) >= 11 is 6.10. The van der Waals surface area contributed by atoms with Crippen molar-refractivity contribution in [1.29, 1.82) is 0 Å². The van der Waals surface area contributed by atoms with Gasteiger partial charge in [-0.15, -0.1) is 0 Å². The summed E-state index contributed by atoms with van der Waals surface area (Å²) in [5.74, 6) is 0.295. The van der Waals surface area contributed by atoms with Crippen LogP contribution < -0.4 is 0 Å². The Morgan fingerprint density at radius 1 is 1.27 bits per heavy atom. The predicted octanol–water partition coefficient (Wildman–Crippen LogP) is 4.99. The van der Waals surface area contributed by atoms with Gasteiger partial charge in [-0.05, 0) is 68.0 Å². The molecule has 30 heavy (non-hydrogen) atoms. The second-order valence-corrected chi connectivity index (χ2v) is 11.1. The third-order valence-corrected chi connectivity index (χ3v) is 7.92. The molecular weight excluding hydrogens is 416 g/mol. The van der Waals surface area contributed by atoms with E-state index in [2.05, 4.69) is 30.2 Å². The lowest BCUT2D eigenvalue weighted by atomic mass is 9.64. The van der Waals surface area contributed by atoms with E-state index >= 15 is 0 Å². The van der Waals surface area contributed by atoms with Crippen molar-refractivity contribution >= 4 is 21.6 Å². The van der Waals surface area contributed by atoms with Crippen LogP contribution in [-0.2, 0) is 15.4 Å². The van der Waals surface area contributed by atoms with Crippen LogP contribution in [0.25, 0.3) is 0 Å². The number of hydrogen-bond donors (Lipinski definition) is 0. The van der Waals surface area contributed by atoms with Gasteiger partial charge in [0.15, 0.2) is 0 Å². The molecule has 1 saturated heterocycles. The molecule has 6 heteroatoms. The first-order valence-electron chi connectivity index (χ1n) is 10.7. The van der Waals surface area contributed by atoms with E-state index in [9.17, 15) is 8.42 Å². The van der Waals surface area contributed by atoms with Crippen molar-refractivity contribution in [2.75, 3.05) is 32.4 Å². The van der Waals surface area contributed by atoms with Crippen LogP contribution in [0.5, 0.6) is 0 Å². The summed E-state index contributed by atoms with van der Waals surface area (Å²) in [6, 6.07) is 8.32. The molecule has 3 rings (SSSR count). The van der Waals surface area contributed by atoms with Gasteiger partial charge in [-0.2, -0.15) is 0 Å². The number of allylic oxidation sites excluding steroid dienone is 3.